The van der Waals surface area contributed by atoms with Crippen LogP contribution in [0.2, 0.25) is 0 Å². The van der Waals surface area contributed by atoms with Gasteiger partial charge < -0.3 is 15.6 Å². The van der Waals surface area contributed by atoms with E-state index in [1.54, 1.807) is 12.3 Å². The van der Waals surface area contributed by atoms with Crippen LogP contribution >= 0.6 is 0 Å². The maximum absolute atomic E-state index is 13.6. The molecule has 0 radical (unpaired) electrons. The lowest BCUT2D eigenvalue weighted by Gasteiger charge is -2.59. The molecular weight excluding hydrogens is 419 g/mol. The normalized spacial score (nSPS) is 37.8. The van der Waals surface area contributed by atoms with Gasteiger partial charge in [-0.1, -0.05) is 31.2 Å². The van der Waals surface area contributed by atoms with E-state index in [-0.39, 0.29) is 28.7 Å². The highest BCUT2D eigenvalue weighted by molar-refractivity contribution is 5.82. The minimum absolute atomic E-state index is 0.0148. The molecule has 1 spiro atoms. The first-order valence-electron chi connectivity index (χ1n) is 11.7. The van der Waals surface area contributed by atoms with Crippen LogP contribution in [0.1, 0.15) is 45.2 Å². The van der Waals surface area contributed by atoms with Crippen LogP contribution in [0.4, 0.5) is 4.39 Å². The summed E-state index contributed by atoms with van der Waals surface area (Å²) in [4.78, 5) is 17.1. The van der Waals surface area contributed by atoms with Crippen molar-refractivity contribution < 1.29 is 19.0 Å². The summed E-state index contributed by atoms with van der Waals surface area (Å²) in [7, 11) is 0. The number of aliphatic hydroxyl groups is 1. The van der Waals surface area contributed by atoms with Crippen LogP contribution in [0.25, 0.3) is 17.2 Å². The Morgan fingerprint density at radius 2 is 2.00 bits per heavy atom. The molecule has 1 aromatic carbocycles. The Kier molecular flexibility index (Phi) is 5.22. The van der Waals surface area contributed by atoms with Crippen molar-refractivity contribution in [3.8, 4) is 11.1 Å². The maximum atomic E-state index is 13.6. The van der Waals surface area contributed by atoms with E-state index >= 15 is 0 Å². The van der Waals surface area contributed by atoms with Crippen molar-refractivity contribution in [2.45, 2.75) is 51.2 Å². The number of primary amides is 1. The van der Waals surface area contributed by atoms with Crippen LogP contribution in [0.5, 0.6) is 0 Å². The Labute approximate surface area is 193 Å². The number of aliphatic hydroxyl groups excluding tert-OH is 1. The second-order valence-corrected chi connectivity index (χ2v) is 10.5. The van der Waals surface area contributed by atoms with Crippen LogP contribution in [0, 0.1) is 28.5 Å². The third-order valence-electron chi connectivity index (χ3n) is 8.75. The Balaban J connectivity index is 1.44. The summed E-state index contributed by atoms with van der Waals surface area (Å²) in [6, 6.07) is 10.3. The molecule has 1 aliphatic heterocycles. The summed E-state index contributed by atoms with van der Waals surface area (Å²) in [6.45, 7) is 4.77. The molecule has 1 aromatic heterocycles. The zero-order chi connectivity index (χ0) is 23.4. The first-order chi connectivity index (χ1) is 15.7. The van der Waals surface area contributed by atoms with Gasteiger partial charge in [-0.3, -0.25) is 9.78 Å². The first kappa shape index (κ1) is 22.2. The average molecular weight is 451 g/mol. The number of carbonyl (C=O) groups is 1. The molecule has 2 saturated carbocycles. The number of hydrogen-bond donors (Lipinski definition) is 2. The summed E-state index contributed by atoms with van der Waals surface area (Å²) in [5.74, 6) is -0.610. The number of hydrogen-bond acceptors (Lipinski definition) is 4. The Morgan fingerprint density at radius 3 is 2.64 bits per heavy atom. The van der Waals surface area contributed by atoms with Crippen LogP contribution in [0.15, 0.2) is 48.7 Å². The van der Waals surface area contributed by atoms with E-state index < -0.39 is 17.4 Å². The smallest absolute Gasteiger partial charge is 0.226 e. The number of nitrogens with two attached hydrogens (primary N) is 1. The maximum Gasteiger partial charge on any atom is 0.226 e. The minimum Gasteiger partial charge on any atom is -0.392 e. The van der Waals surface area contributed by atoms with Crippen molar-refractivity contribution in [2.24, 2.45) is 28.4 Å². The molecular formula is C27H31FN2O3. The zero-order valence-electron chi connectivity index (χ0n) is 19.1. The van der Waals surface area contributed by atoms with E-state index in [1.165, 1.54) is 12.1 Å². The molecule has 1 saturated heterocycles. The first-order valence-corrected chi connectivity index (χ1v) is 11.7. The minimum atomic E-state index is -0.944. The molecule has 1 amide bonds. The monoisotopic (exact) mass is 450 g/mol. The number of epoxide rings is 1. The summed E-state index contributed by atoms with van der Waals surface area (Å²) in [5, 5.41) is 10.7. The largest absolute Gasteiger partial charge is 0.392 e. The molecule has 6 heteroatoms. The Hall–Kier alpha value is -2.57. The third kappa shape index (κ3) is 3.51. The number of rotatable bonds is 4. The van der Waals surface area contributed by atoms with Gasteiger partial charge in [-0.25, -0.2) is 4.39 Å². The lowest BCUT2D eigenvalue weighted by atomic mass is 9.45. The highest BCUT2D eigenvalue weighted by Crippen LogP contribution is 2.65. The molecule has 5 rings (SSSR count). The lowest BCUT2D eigenvalue weighted by molar-refractivity contribution is -0.170. The van der Waals surface area contributed by atoms with Gasteiger partial charge >= 0.3 is 0 Å². The van der Waals surface area contributed by atoms with E-state index in [1.807, 2.05) is 31.2 Å². The Bertz CT molecular complexity index is 1100. The van der Waals surface area contributed by atoms with Gasteiger partial charge in [0.1, 0.15) is 5.82 Å². The van der Waals surface area contributed by atoms with Crippen LogP contribution in [-0.4, -0.2) is 34.3 Å². The molecule has 6 atom stereocenters. The van der Waals surface area contributed by atoms with Crippen molar-refractivity contribution in [3.05, 3.63) is 60.2 Å². The molecule has 1 unspecified atom stereocenters. The zero-order valence-corrected chi connectivity index (χ0v) is 19.1. The molecule has 2 heterocycles. The fourth-order valence-corrected chi connectivity index (χ4v) is 6.67. The molecule has 33 heavy (non-hydrogen) atoms. The summed E-state index contributed by atoms with van der Waals surface area (Å²) >= 11 is 0. The number of benzene rings is 1. The summed E-state index contributed by atoms with van der Waals surface area (Å²) in [5.41, 5.74) is 6.94. The van der Waals surface area contributed by atoms with E-state index in [0.717, 1.165) is 36.1 Å². The highest BCUT2D eigenvalue weighted by Gasteiger charge is 2.67. The van der Waals surface area contributed by atoms with E-state index in [0.29, 0.717) is 13.0 Å². The van der Waals surface area contributed by atoms with Crippen molar-refractivity contribution in [1.82, 2.24) is 4.98 Å². The quantitative estimate of drug-likeness (QED) is 0.678. The number of ether oxygens (including phenoxy) is 1. The molecule has 174 valence electrons. The van der Waals surface area contributed by atoms with E-state index in [4.69, 9.17) is 10.5 Å². The fourth-order valence-electron chi connectivity index (χ4n) is 6.67. The number of halogens is 1. The van der Waals surface area contributed by atoms with Crippen molar-refractivity contribution >= 4 is 12.0 Å². The van der Waals surface area contributed by atoms with Gasteiger partial charge in [0.05, 0.1) is 29.4 Å². The highest BCUT2D eigenvalue weighted by atomic mass is 19.1. The van der Waals surface area contributed by atoms with Crippen LogP contribution in [0.3, 0.4) is 0 Å². The molecule has 2 aliphatic carbocycles. The Morgan fingerprint density at radius 1 is 1.21 bits per heavy atom. The average Bonchev–Trinajstić information content (AvgIpc) is 3.56. The van der Waals surface area contributed by atoms with Crippen LogP contribution in [-0.2, 0) is 9.53 Å². The van der Waals surface area contributed by atoms with Gasteiger partial charge in [-0.05, 0) is 73.8 Å². The van der Waals surface area contributed by atoms with Crippen molar-refractivity contribution in [1.29, 1.82) is 0 Å². The number of carbonyl (C=O) groups excluding carboxylic acids is 1. The van der Waals surface area contributed by atoms with Gasteiger partial charge in [0.2, 0.25) is 5.91 Å². The van der Waals surface area contributed by atoms with E-state index in [2.05, 4.69) is 18.0 Å². The van der Waals surface area contributed by atoms with Crippen molar-refractivity contribution in [2.75, 3.05) is 6.61 Å². The molecule has 2 aromatic rings. The van der Waals surface area contributed by atoms with Gasteiger partial charge in [0.25, 0.3) is 0 Å². The number of nitrogens with zero attached hydrogens (tertiary/aromatic N) is 1. The molecule has 3 fully saturated rings. The number of fused-ring (bicyclic) bond motifs is 1. The molecule has 0 bridgehead atoms. The van der Waals surface area contributed by atoms with Gasteiger partial charge in [0, 0.05) is 17.7 Å². The lowest BCUT2D eigenvalue weighted by Crippen LogP contribution is -2.62. The number of aromatic nitrogens is 1. The molecule has 5 nitrogen and oxygen atoms in total. The number of amides is 1. The second-order valence-electron chi connectivity index (χ2n) is 10.5. The molecule has 3 N–H and O–H groups in total. The summed E-state index contributed by atoms with van der Waals surface area (Å²) < 4.78 is 19.6. The van der Waals surface area contributed by atoms with Crippen LogP contribution < -0.4 is 5.73 Å². The standard InChI is InChI=1S/C27H31FN2O3/c1-25-12-11-23(31)26(2,24(29)32)21(25)10-13-27(16-33-27)22(25)9-8-20-7-6-18(15-30-20)17-4-3-5-19(28)14-17/h3-9,14-15,21-23,31H,10-13,16H2,1-2H3,(H2,29,32)/b9-8+/t21-,22-,23+,25+,26-,27?/m0/s1. The molecule has 3 aliphatic rings. The predicted octanol–water partition coefficient (Wildman–Crippen LogP) is 4.35. The topological polar surface area (TPSA) is 88.7 Å². The van der Waals surface area contributed by atoms with Crippen molar-refractivity contribution in [3.63, 3.8) is 0 Å². The summed E-state index contributed by atoms with van der Waals surface area (Å²) in [6.07, 6.45) is 8.27. The van der Waals surface area contributed by atoms with E-state index in [9.17, 15) is 14.3 Å². The number of pyridine rings is 1. The third-order valence-corrected chi connectivity index (χ3v) is 8.75. The second kappa shape index (κ2) is 7.74. The van der Waals surface area contributed by atoms with Gasteiger partial charge in [-0.15, -0.1) is 0 Å². The van der Waals surface area contributed by atoms with Gasteiger partial charge in [0.15, 0.2) is 0 Å². The fraction of sp³-hybridized carbons (Fsp3) is 0.481. The van der Waals surface area contributed by atoms with Gasteiger partial charge in [-0.2, -0.15) is 0 Å². The SMILES string of the molecule is C[C@@]12CC[C@@H](O)[C@@](C)(C(N)=O)[C@H]1CCC1(CO1)[C@H]2/C=C/c1ccc(-c2cccc(F)c2)cn1. The predicted molar refractivity (Wildman–Crippen MR) is 124 cm³/mol.